The van der Waals surface area contributed by atoms with E-state index in [0.29, 0.717) is 6.42 Å². The van der Waals surface area contributed by atoms with E-state index in [4.69, 9.17) is 4.18 Å². The Hall–Kier alpha value is -0.920. The molecule has 0 aliphatic heterocycles. The van der Waals surface area contributed by atoms with E-state index in [1.165, 1.54) is 0 Å². The second kappa shape index (κ2) is 4.99. The topological polar surface area (TPSA) is 61.2 Å². The van der Waals surface area contributed by atoms with Gasteiger partial charge in [-0.1, -0.05) is 6.07 Å². The first-order chi connectivity index (χ1) is 8.38. The maximum absolute atomic E-state index is 10.9. The van der Waals surface area contributed by atoms with Gasteiger partial charge in [-0.3, -0.25) is 4.18 Å². The summed E-state index contributed by atoms with van der Waals surface area (Å²) in [5, 5.41) is 0. The smallest absolute Gasteiger partial charge is 0.264 e. The SMILES string of the molecule is Cn1c(CCOS(C)(=O)=O)nc2cccc(Br)c21. The van der Waals surface area contributed by atoms with Crippen LogP contribution in [0.1, 0.15) is 5.82 Å². The van der Waals surface area contributed by atoms with Crippen LogP contribution < -0.4 is 0 Å². The van der Waals surface area contributed by atoms with Crippen molar-refractivity contribution < 1.29 is 12.6 Å². The molecule has 0 fully saturated rings. The highest BCUT2D eigenvalue weighted by Gasteiger charge is 2.11. The number of hydrogen-bond acceptors (Lipinski definition) is 4. The lowest BCUT2D eigenvalue weighted by atomic mass is 10.3. The number of aryl methyl sites for hydroxylation is 1. The number of fused-ring (bicyclic) bond motifs is 1. The molecule has 5 nitrogen and oxygen atoms in total. The second-order valence-electron chi connectivity index (χ2n) is 3.97. The highest BCUT2D eigenvalue weighted by Crippen LogP contribution is 2.24. The highest BCUT2D eigenvalue weighted by molar-refractivity contribution is 9.10. The van der Waals surface area contributed by atoms with Gasteiger partial charge in [0.25, 0.3) is 10.1 Å². The molecule has 0 radical (unpaired) electrons. The predicted octanol–water partition coefficient (Wildman–Crippen LogP) is 1.85. The van der Waals surface area contributed by atoms with Crippen molar-refractivity contribution in [2.24, 2.45) is 7.05 Å². The third kappa shape index (κ3) is 2.90. The Morgan fingerprint density at radius 3 is 2.78 bits per heavy atom. The summed E-state index contributed by atoms with van der Waals surface area (Å²) >= 11 is 3.47. The molecule has 0 bridgehead atoms. The predicted molar refractivity (Wildman–Crippen MR) is 72.9 cm³/mol. The second-order valence-corrected chi connectivity index (χ2v) is 6.47. The van der Waals surface area contributed by atoms with Crippen molar-refractivity contribution in [3.63, 3.8) is 0 Å². The van der Waals surface area contributed by atoms with Crippen molar-refractivity contribution in [1.29, 1.82) is 0 Å². The van der Waals surface area contributed by atoms with Gasteiger partial charge in [0.2, 0.25) is 0 Å². The Morgan fingerprint density at radius 2 is 2.17 bits per heavy atom. The average molecular weight is 333 g/mol. The fourth-order valence-electron chi connectivity index (χ4n) is 1.78. The molecule has 0 atom stereocenters. The Balaban J connectivity index is 2.25. The van der Waals surface area contributed by atoms with Crippen LogP contribution in [0.4, 0.5) is 0 Å². The van der Waals surface area contributed by atoms with Gasteiger partial charge in [-0.05, 0) is 28.1 Å². The van der Waals surface area contributed by atoms with E-state index in [0.717, 1.165) is 27.6 Å². The normalized spacial score (nSPS) is 12.2. The van der Waals surface area contributed by atoms with E-state index < -0.39 is 10.1 Å². The van der Waals surface area contributed by atoms with E-state index in [-0.39, 0.29) is 6.61 Å². The molecule has 7 heteroatoms. The largest absolute Gasteiger partial charge is 0.330 e. The number of halogens is 1. The van der Waals surface area contributed by atoms with Crippen molar-refractivity contribution in [2.75, 3.05) is 12.9 Å². The number of imidazole rings is 1. The van der Waals surface area contributed by atoms with Gasteiger partial charge in [0.05, 0.1) is 23.9 Å². The van der Waals surface area contributed by atoms with E-state index in [1.54, 1.807) is 0 Å². The molecule has 1 heterocycles. The van der Waals surface area contributed by atoms with Crippen molar-refractivity contribution in [1.82, 2.24) is 9.55 Å². The number of para-hydroxylation sites is 1. The van der Waals surface area contributed by atoms with Crippen LogP contribution in [-0.4, -0.2) is 30.8 Å². The Kier molecular flexibility index (Phi) is 3.74. The van der Waals surface area contributed by atoms with Crippen LogP contribution in [0.15, 0.2) is 22.7 Å². The van der Waals surface area contributed by atoms with E-state index in [1.807, 2.05) is 29.8 Å². The molecule has 0 aliphatic carbocycles. The first kappa shape index (κ1) is 13.5. The molecule has 98 valence electrons. The van der Waals surface area contributed by atoms with Crippen LogP contribution in [0.25, 0.3) is 11.0 Å². The minimum Gasteiger partial charge on any atom is -0.330 e. The third-order valence-corrected chi connectivity index (χ3v) is 3.80. The molecule has 0 aliphatic rings. The van der Waals surface area contributed by atoms with Crippen molar-refractivity contribution in [3.8, 4) is 0 Å². The average Bonchev–Trinajstić information content (AvgIpc) is 2.55. The molecule has 2 aromatic rings. The van der Waals surface area contributed by atoms with Crippen LogP contribution in [0.5, 0.6) is 0 Å². The van der Waals surface area contributed by atoms with Gasteiger partial charge in [0, 0.05) is 17.9 Å². The van der Waals surface area contributed by atoms with E-state index >= 15 is 0 Å². The van der Waals surface area contributed by atoms with Crippen LogP contribution in [0, 0.1) is 0 Å². The molecule has 0 amide bonds. The Labute approximate surface area is 114 Å². The summed E-state index contributed by atoms with van der Waals surface area (Å²) in [6.07, 6.45) is 1.49. The summed E-state index contributed by atoms with van der Waals surface area (Å²) in [5.41, 5.74) is 1.87. The zero-order valence-corrected chi connectivity index (χ0v) is 12.5. The molecule has 0 spiro atoms. The zero-order valence-electron chi connectivity index (χ0n) is 10.1. The van der Waals surface area contributed by atoms with Crippen LogP contribution in [-0.2, 0) is 27.8 Å². The maximum Gasteiger partial charge on any atom is 0.264 e. The fraction of sp³-hybridized carbons (Fsp3) is 0.364. The summed E-state index contributed by atoms with van der Waals surface area (Å²) in [5.74, 6) is 0.792. The lowest BCUT2D eigenvalue weighted by molar-refractivity contribution is 0.322. The molecule has 2 rings (SSSR count). The van der Waals surface area contributed by atoms with Crippen LogP contribution in [0.2, 0.25) is 0 Å². The lowest BCUT2D eigenvalue weighted by Gasteiger charge is -2.03. The maximum atomic E-state index is 10.9. The minimum atomic E-state index is -3.39. The number of aromatic nitrogens is 2. The molecule has 1 aromatic heterocycles. The number of hydrogen-bond donors (Lipinski definition) is 0. The van der Waals surface area contributed by atoms with Crippen molar-refractivity contribution in [3.05, 3.63) is 28.5 Å². The van der Waals surface area contributed by atoms with Crippen LogP contribution >= 0.6 is 15.9 Å². The third-order valence-electron chi connectivity index (χ3n) is 2.56. The van der Waals surface area contributed by atoms with Gasteiger partial charge in [-0.2, -0.15) is 8.42 Å². The molecule has 0 unspecified atom stereocenters. The van der Waals surface area contributed by atoms with Gasteiger partial charge in [0.1, 0.15) is 5.82 Å². The quantitative estimate of drug-likeness (QED) is 0.802. The highest BCUT2D eigenvalue weighted by atomic mass is 79.9. The molecular weight excluding hydrogens is 320 g/mol. The standard InChI is InChI=1S/C11H13BrN2O3S/c1-14-10(6-7-17-18(2,15)16)13-9-5-3-4-8(12)11(9)14/h3-5H,6-7H2,1-2H3. The Morgan fingerprint density at radius 1 is 1.44 bits per heavy atom. The van der Waals surface area contributed by atoms with Gasteiger partial charge in [0.15, 0.2) is 0 Å². The molecular formula is C11H13BrN2O3S. The van der Waals surface area contributed by atoms with E-state index in [2.05, 4.69) is 20.9 Å². The lowest BCUT2D eigenvalue weighted by Crippen LogP contribution is -2.09. The summed E-state index contributed by atoms with van der Waals surface area (Å²) in [7, 11) is -1.49. The van der Waals surface area contributed by atoms with E-state index in [9.17, 15) is 8.42 Å². The number of rotatable bonds is 4. The summed E-state index contributed by atoms with van der Waals surface area (Å²) in [6, 6.07) is 5.78. The van der Waals surface area contributed by atoms with Gasteiger partial charge >= 0.3 is 0 Å². The number of nitrogens with zero attached hydrogens (tertiary/aromatic N) is 2. The molecule has 0 saturated carbocycles. The summed E-state index contributed by atoms with van der Waals surface area (Å²) in [6.45, 7) is 0.105. The van der Waals surface area contributed by atoms with Gasteiger partial charge < -0.3 is 4.57 Å². The fourth-order valence-corrected chi connectivity index (χ4v) is 2.79. The molecule has 18 heavy (non-hydrogen) atoms. The summed E-state index contributed by atoms with van der Waals surface area (Å²) < 4.78 is 29.4. The van der Waals surface area contributed by atoms with Crippen molar-refractivity contribution in [2.45, 2.75) is 6.42 Å². The monoisotopic (exact) mass is 332 g/mol. The first-order valence-corrected chi connectivity index (χ1v) is 7.93. The van der Waals surface area contributed by atoms with Gasteiger partial charge in [-0.25, -0.2) is 4.98 Å². The first-order valence-electron chi connectivity index (χ1n) is 5.33. The minimum absolute atomic E-state index is 0.105. The van der Waals surface area contributed by atoms with Crippen molar-refractivity contribution >= 4 is 37.1 Å². The molecule has 0 saturated heterocycles. The van der Waals surface area contributed by atoms with Crippen LogP contribution in [0.3, 0.4) is 0 Å². The Bertz CT molecular complexity index is 679. The molecule has 0 N–H and O–H groups in total. The molecule has 1 aromatic carbocycles. The van der Waals surface area contributed by atoms with Gasteiger partial charge in [-0.15, -0.1) is 0 Å². The number of benzene rings is 1. The zero-order chi connectivity index (χ0) is 13.3. The summed E-state index contributed by atoms with van der Waals surface area (Å²) in [4.78, 5) is 4.45.